The highest BCUT2D eigenvalue weighted by atomic mass is 16.3. The van der Waals surface area contributed by atoms with Gasteiger partial charge in [-0.05, 0) is 63.7 Å². The molecule has 2 nitrogen and oxygen atoms in total. The summed E-state index contributed by atoms with van der Waals surface area (Å²) in [6.07, 6.45) is 0. The molecule has 0 amide bonds. The second kappa shape index (κ2) is 9.43. The smallest absolute Gasteiger partial charge is 0.159 e. The van der Waals surface area contributed by atoms with Crippen LogP contribution in [0.3, 0.4) is 0 Å². The van der Waals surface area contributed by atoms with Gasteiger partial charge in [0.25, 0.3) is 0 Å². The minimum absolute atomic E-state index is 0.773. The molecule has 0 aliphatic carbocycles. The number of furan rings is 1. The average molecular weight is 521 g/mol. The molecule has 3 heteroatoms. The zero-order valence-corrected chi connectivity index (χ0v) is 22.3. The molecule has 0 unspecified atom stereocenters. The second-order valence-corrected chi connectivity index (χ2v) is 10.4. The van der Waals surface area contributed by atoms with E-state index in [4.69, 9.17) is 12.3 Å². The molecule has 0 aliphatic rings. The van der Waals surface area contributed by atoms with E-state index in [0.29, 0.717) is 0 Å². The van der Waals surface area contributed by atoms with Crippen LogP contribution in [0.2, 0.25) is 0 Å². The van der Waals surface area contributed by atoms with Crippen molar-refractivity contribution < 1.29 is 4.42 Å². The van der Waals surface area contributed by atoms with Gasteiger partial charge in [0.15, 0.2) is 5.58 Å². The van der Waals surface area contributed by atoms with Gasteiger partial charge in [-0.2, -0.15) is 0 Å². The fourth-order valence-electron chi connectivity index (χ4n) is 6.02. The van der Waals surface area contributed by atoms with Crippen molar-refractivity contribution in [1.82, 2.24) is 0 Å². The molecule has 8 aromatic rings. The Labute approximate surface area is 239 Å². The number of nitrogens with zero attached hydrogens (tertiary/aromatic N) is 1. The van der Waals surface area contributed by atoms with Crippen molar-refractivity contribution in [2.24, 2.45) is 0 Å². The molecule has 0 aliphatic heterocycles. The van der Waals surface area contributed by atoms with Crippen molar-refractivity contribution in [2.45, 2.75) is 0 Å². The van der Waals surface area contributed by atoms with Crippen LogP contribution in [0.15, 0.2) is 150 Å². The average Bonchev–Trinajstić information content (AvgIpc) is 3.41. The molecule has 2 radical (unpaired) electrons. The van der Waals surface area contributed by atoms with Gasteiger partial charge < -0.3 is 9.32 Å². The van der Waals surface area contributed by atoms with E-state index in [1.807, 2.05) is 18.2 Å². The van der Waals surface area contributed by atoms with E-state index in [0.717, 1.165) is 61.0 Å². The molecule has 0 fully saturated rings. The molecule has 8 rings (SSSR count). The third kappa shape index (κ3) is 3.89. The lowest BCUT2D eigenvalue weighted by molar-refractivity contribution is 0.669. The summed E-state index contributed by atoms with van der Waals surface area (Å²) in [6, 6.07) is 50.8. The van der Waals surface area contributed by atoms with Crippen LogP contribution in [-0.2, 0) is 0 Å². The quantitative estimate of drug-likeness (QED) is 0.214. The van der Waals surface area contributed by atoms with Gasteiger partial charge in [-0.3, -0.25) is 0 Å². The van der Waals surface area contributed by atoms with Gasteiger partial charge in [0.05, 0.1) is 11.4 Å². The van der Waals surface area contributed by atoms with E-state index in [9.17, 15) is 0 Å². The molecule has 0 N–H and O–H groups in total. The van der Waals surface area contributed by atoms with E-state index in [1.165, 1.54) is 16.2 Å². The SMILES string of the molecule is [B]c1cc2ccccc2cc1-c1ccc(N(c2cccc3ccccc23)c2cccc3c2oc2ccccc23)cc1. The lowest BCUT2D eigenvalue weighted by Crippen LogP contribution is -2.11. The van der Waals surface area contributed by atoms with Crippen LogP contribution in [-0.4, -0.2) is 7.85 Å². The summed E-state index contributed by atoms with van der Waals surface area (Å²) in [5, 5.41) is 6.90. The Morgan fingerprint density at radius 3 is 1.93 bits per heavy atom. The van der Waals surface area contributed by atoms with E-state index in [2.05, 4.69) is 132 Å². The molecule has 190 valence electrons. The Bertz CT molecular complexity index is 2220. The van der Waals surface area contributed by atoms with Crippen molar-refractivity contribution in [3.63, 3.8) is 0 Å². The van der Waals surface area contributed by atoms with Gasteiger partial charge in [0, 0.05) is 21.8 Å². The van der Waals surface area contributed by atoms with Crippen molar-refractivity contribution >= 4 is 73.9 Å². The van der Waals surface area contributed by atoms with Crippen molar-refractivity contribution in [2.75, 3.05) is 4.90 Å². The number of benzene rings is 7. The predicted octanol–water partition coefficient (Wildman–Crippen LogP) is 9.82. The summed E-state index contributed by atoms with van der Waals surface area (Å²) in [5.41, 5.74) is 7.76. The number of rotatable bonds is 4. The van der Waals surface area contributed by atoms with Crippen LogP contribution in [0.4, 0.5) is 17.1 Å². The molecule has 1 aromatic heterocycles. The summed E-state index contributed by atoms with van der Waals surface area (Å²) in [5.74, 6) is 0. The monoisotopic (exact) mass is 521 g/mol. The number of hydrogen-bond donors (Lipinski definition) is 0. The van der Waals surface area contributed by atoms with Crippen LogP contribution in [0.5, 0.6) is 0 Å². The van der Waals surface area contributed by atoms with Crippen LogP contribution < -0.4 is 10.4 Å². The fourth-order valence-corrected chi connectivity index (χ4v) is 6.02. The second-order valence-electron chi connectivity index (χ2n) is 10.4. The lowest BCUT2D eigenvalue weighted by atomic mass is 9.85. The number of hydrogen-bond acceptors (Lipinski definition) is 2. The Morgan fingerprint density at radius 1 is 0.488 bits per heavy atom. The molecule has 0 saturated carbocycles. The van der Waals surface area contributed by atoms with Gasteiger partial charge in [-0.15, -0.1) is 0 Å². The van der Waals surface area contributed by atoms with Crippen LogP contribution in [0, 0.1) is 0 Å². The molecule has 0 saturated heterocycles. The Morgan fingerprint density at radius 2 is 1.10 bits per heavy atom. The maximum Gasteiger partial charge on any atom is 0.159 e. The maximum absolute atomic E-state index is 6.54. The Hall–Kier alpha value is -5.28. The first-order chi connectivity index (χ1) is 20.2. The van der Waals surface area contributed by atoms with E-state index in [-0.39, 0.29) is 0 Å². The number of fused-ring (bicyclic) bond motifs is 5. The summed E-state index contributed by atoms with van der Waals surface area (Å²) < 4.78 is 6.51. The molecule has 0 atom stereocenters. The molecular weight excluding hydrogens is 497 g/mol. The molecule has 7 aromatic carbocycles. The zero-order valence-electron chi connectivity index (χ0n) is 22.3. The minimum Gasteiger partial charge on any atom is -0.454 e. The highest BCUT2D eigenvalue weighted by molar-refractivity contribution is 6.37. The van der Waals surface area contributed by atoms with Gasteiger partial charge in [0.2, 0.25) is 0 Å². The topological polar surface area (TPSA) is 16.4 Å². The highest BCUT2D eigenvalue weighted by Crippen LogP contribution is 2.44. The van der Waals surface area contributed by atoms with Crippen LogP contribution in [0.25, 0.3) is 54.6 Å². The lowest BCUT2D eigenvalue weighted by Gasteiger charge is -2.27. The summed E-state index contributed by atoms with van der Waals surface area (Å²) in [7, 11) is 6.54. The summed E-state index contributed by atoms with van der Waals surface area (Å²) >= 11 is 0. The minimum atomic E-state index is 0.773. The van der Waals surface area contributed by atoms with Gasteiger partial charge in [-0.25, -0.2) is 0 Å². The predicted molar refractivity (Wildman–Crippen MR) is 174 cm³/mol. The van der Waals surface area contributed by atoms with Crippen LogP contribution in [0.1, 0.15) is 0 Å². The zero-order chi connectivity index (χ0) is 27.3. The van der Waals surface area contributed by atoms with E-state index >= 15 is 0 Å². The Balaban J connectivity index is 1.34. The van der Waals surface area contributed by atoms with Gasteiger partial charge >= 0.3 is 0 Å². The summed E-state index contributed by atoms with van der Waals surface area (Å²) in [4.78, 5) is 2.31. The standard InChI is InChI=1S/C38H24BNO/c39-34-24-28-11-2-1-10-27(28)23-33(34)26-19-21-29(22-20-26)40(35-16-7-12-25-9-3-4-13-30(25)35)36-17-8-15-32-31-14-5-6-18-37(31)41-38(32)36/h1-24H. The fraction of sp³-hybridized carbons (Fsp3) is 0. The third-order valence-electron chi connectivity index (χ3n) is 7.99. The molecule has 41 heavy (non-hydrogen) atoms. The molecule has 1 heterocycles. The number of para-hydroxylation sites is 2. The third-order valence-corrected chi connectivity index (χ3v) is 7.99. The van der Waals surface area contributed by atoms with Gasteiger partial charge in [-0.1, -0.05) is 115 Å². The van der Waals surface area contributed by atoms with Crippen molar-refractivity contribution in [1.29, 1.82) is 0 Å². The van der Waals surface area contributed by atoms with Gasteiger partial charge in [0.1, 0.15) is 13.4 Å². The van der Waals surface area contributed by atoms with Crippen molar-refractivity contribution in [3.05, 3.63) is 146 Å². The number of anilines is 3. The highest BCUT2D eigenvalue weighted by Gasteiger charge is 2.20. The molecular formula is C38H24BNO. The maximum atomic E-state index is 6.54. The first-order valence-corrected chi connectivity index (χ1v) is 13.8. The van der Waals surface area contributed by atoms with E-state index < -0.39 is 0 Å². The van der Waals surface area contributed by atoms with Crippen molar-refractivity contribution in [3.8, 4) is 11.1 Å². The van der Waals surface area contributed by atoms with E-state index in [1.54, 1.807) is 0 Å². The van der Waals surface area contributed by atoms with Crippen LogP contribution >= 0.6 is 0 Å². The first kappa shape index (κ1) is 23.6. The molecule has 0 bridgehead atoms. The largest absolute Gasteiger partial charge is 0.454 e. The Kier molecular flexibility index (Phi) is 5.43. The summed E-state index contributed by atoms with van der Waals surface area (Å²) in [6.45, 7) is 0. The molecule has 0 spiro atoms. The first-order valence-electron chi connectivity index (χ1n) is 13.8. The normalized spacial score (nSPS) is 11.5.